The molecule has 1 aliphatic carbocycles. The maximum absolute atomic E-state index is 13.8. The molecule has 6 nitrogen and oxygen atoms in total. The van der Waals surface area contributed by atoms with E-state index in [-0.39, 0.29) is 13.2 Å². The van der Waals surface area contributed by atoms with E-state index in [0.29, 0.717) is 16.5 Å². The molecule has 0 heterocycles. The summed E-state index contributed by atoms with van der Waals surface area (Å²) in [4.78, 5) is 13.5. The van der Waals surface area contributed by atoms with Crippen molar-refractivity contribution in [2.24, 2.45) is 5.92 Å². The van der Waals surface area contributed by atoms with E-state index >= 15 is 0 Å². The topological polar surface area (TPSA) is 100 Å². The van der Waals surface area contributed by atoms with Gasteiger partial charge in [0, 0.05) is 5.56 Å². The molecule has 0 aliphatic heterocycles. The molecular formula is C19H17N2O4P. The number of nitrogens with zero attached hydrogens (tertiary/aromatic N) is 2. The van der Waals surface area contributed by atoms with Crippen LogP contribution in [0.1, 0.15) is 29.8 Å². The molecule has 0 spiro atoms. The third-order valence-corrected chi connectivity index (χ3v) is 7.37. The van der Waals surface area contributed by atoms with Gasteiger partial charge < -0.3 is 9.05 Å². The van der Waals surface area contributed by atoms with Crippen LogP contribution in [0.4, 0.5) is 0 Å². The van der Waals surface area contributed by atoms with E-state index in [4.69, 9.17) is 9.05 Å². The highest BCUT2D eigenvalue weighted by atomic mass is 31.2. The van der Waals surface area contributed by atoms with Crippen LogP contribution in [0.3, 0.4) is 0 Å². The van der Waals surface area contributed by atoms with Gasteiger partial charge in [0.05, 0.1) is 25.4 Å². The fourth-order valence-electron chi connectivity index (χ4n) is 3.69. The monoisotopic (exact) mass is 368 g/mol. The van der Waals surface area contributed by atoms with E-state index in [1.165, 1.54) is 0 Å². The van der Waals surface area contributed by atoms with Gasteiger partial charge in [-0.15, -0.1) is 0 Å². The third kappa shape index (κ3) is 2.17. The van der Waals surface area contributed by atoms with Crippen LogP contribution in [-0.2, 0) is 18.8 Å². The zero-order valence-corrected chi connectivity index (χ0v) is 15.3. The second-order valence-corrected chi connectivity index (χ2v) is 8.05. The lowest BCUT2D eigenvalue weighted by Crippen LogP contribution is -2.40. The predicted octanol–water partition coefficient (Wildman–Crippen LogP) is 4.16. The van der Waals surface area contributed by atoms with Crippen molar-refractivity contribution in [3.63, 3.8) is 0 Å². The zero-order chi connectivity index (χ0) is 18.9. The summed E-state index contributed by atoms with van der Waals surface area (Å²) in [5, 5.41) is 18.7. The number of hydrogen-bond acceptors (Lipinski definition) is 6. The number of Topliss-reactive ketones (excluding diaryl/α,β-unsaturated/α-hetero) is 1. The smallest absolute Gasteiger partial charge is 0.308 e. The average molecular weight is 368 g/mol. The molecule has 0 bridgehead atoms. The number of benzene rings is 2. The van der Waals surface area contributed by atoms with Gasteiger partial charge in [-0.3, -0.25) is 9.36 Å². The molecule has 1 atom stereocenters. The molecule has 132 valence electrons. The molecule has 0 amide bonds. The van der Waals surface area contributed by atoms with Crippen molar-refractivity contribution >= 4 is 24.2 Å². The van der Waals surface area contributed by atoms with Crippen LogP contribution in [-0.4, -0.2) is 19.0 Å². The van der Waals surface area contributed by atoms with Gasteiger partial charge in [-0.2, -0.15) is 10.5 Å². The Morgan fingerprint density at radius 1 is 1.08 bits per heavy atom. The van der Waals surface area contributed by atoms with Crippen LogP contribution < -0.4 is 0 Å². The van der Waals surface area contributed by atoms with Gasteiger partial charge >= 0.3 is 7.60 Å². The van der Waals surface area contributed by atoms with Crippen molar-refractivity contribution in [3.8, 4) is 12.1 Å². The van der Waals surface area contributed by atoms with Crippen LogP contribution in [0.25, 0.3) is 10.8 Å². The fourth-order valence-corrected chi connectivity index (χ4v) is 6.13. The van der Waals surface area contributed by atoms with Gasteiger partial charge in [0.2, 0.25) is 0 Å². The van der Waals surface area contributed by atoms with E-state index < -0.39 is 24.5 Å². The van der Waals surface area contributed by atoms with Gasteiger partial charge in [-0.25, -0.2) is 0 Å². The Bertz CT molecular complexity index is 991. The van der Waals surface area contributed by atoms with E-state index in [1.54, 1.807) is 38.1 Å². The van der Waals surface area contributed by atoms with Crippen molar-refractivity contribution in [3.05, 3.63) is 47.5 Å². The SMILES string of the molecule is CCOP(=O)(OCC)C1(C(C#N)C#N)C(=O)c2cccc3cccc1c23. The summed E-state index contributed by atoms with van der Waals surface area (Å²) in [5.41, 5.74) is 0.683. The normalized spacial score (nSPS) is 18.9. The minimum Gasteiger partial charge on any atom is -0.308 e. The van der Waals surface area contributed by atoms with E-state index in [9.17, 15) is 19.9 Å². The minimum absolute atomic E-state index is 0.0161. The number of ketones is 1. The first kappa shape index (κ1) is 18.3. The van der Waals surface area contributed by atoms with Gasteiger partial charge in [0.1, 0.15) is 0 Å². The summed E-state index contributed by atoms with van der Waals surface area (Å²) >= 11 is 0. The second-order valence-electron chi connectivity index (χ2n) is 5.83. The highest BCUT2D eigenvalue weighted by molar-refractivity contribution is 7.56. The summed E-state index contributed by atoms with van der Waals surface area (Å²) in [6.07, 6.45) is 0. The lowest BCUT2D eigenvalue weighted by atomic mass is 9.86. The Labute approximate surface area is 151 Å². The lowest BCUT2D eigenvalue weighted by molar-refractivity contribution is 0.0894. The van der Waals surface area contributed by atoms with Gasteiger partial charge in [-0.1, -0.05) is 36.4 Å². The van der Waals surface area contributed by atoms with Crippen LogP contribution in [0, 0.1) is 28.6 Å². The van der Waals surface area contributed by atoms with Gasteiger partial charge in [0.25, 0.3) is 0 Å². The number of rotatable bonds is 6. The standard InChI is InChI=1S/C19H17N2O4P/c1-3-24-26(23,25-4-2)19(14(11-20)12-21)16-10-6-8-13-7-5-9-15(17(13)16)18(19)22/h5-10,14H,3-4H2,1-2H3. The Morgan fingerprint density at radius 2 is 1.65 bits per heavy atom. The first-order chi connectivity index (χ1) is 12.5. The molecule has 0 saturated carbocycles. The van der Waals surface area contributed by atoms with Crippen molar-refractivity contribution in [2.45, 2.75) is 19.0 Å². The summed E-state index contributed by atoms with van der Waals surface area (Å²) in [5.74, 6) is -2.08. The van der Waals surface area contributed by atoms with Crippen LogP contribution >= 0.6 is 7.60 Å². The highest BCUT2D eigenvalue weighted by Gasteiger charge is 2.66. The summed E-state index contributed by atoms with van der Waals surface area (Å²) in [6.45, 7) is 3.28. The number of nitriles is 2. The first-order valence-electron chi connectivity index (χ1n) is 8.27. The average Bonchev–Trinajstić information content (AvgIpc) is 2.90. The molecule has 0 N–H and O–H groups in total. The van der Waals surface area contributed by atoms with Crippen LogP contribution in [0.5, 0.6) is 0 Å². The quantitative estimate of drug-likeness (QED) is 0.710. The molecule has 0 aromatic heterocycles. The fraction of sp³-hybridized carbons (Fsp3) is 0.316. The third-order valence-electron chi connectivity index (χ3n) is 4.61. The Morgan fingerprint density at radius 3 is 2.19 bits per heavy atom. The largest absolute Gasteiger partial charge is 0.351 e. The number of carbonyl (C=O) groups excluding carboxylic acids is 1. The highest BCUT2D eigenvalue weighted by Crippen LogP contribution is 2.71. The van der Waals surface area contributed by atoms with E-state index in [2.05, 4.69) is 0 Å². The molecule has 1 aliphatic rings. The number of hydrogen-bond donors (Lipinski definition) is 0. The molecule has 7 heteroatoms. The Balaban J connectivity index is 2.48. The molecule has 2 aromatic carbocycles. The number of carbonyl (C=O) groups is 1. The van der Waals surface area contributed by atoms with Gasteiger partial charge in [0.15, 0.2) is 16.9 Å². The zero-order valence-electron chi connectivity index (χ0n) is 14.4. The van der Waals surface area contributed by atoms with E-state index in [0.717, 1.165) is 5.39 Å². The van der Waals surface area contributed by atoms with Crippen molar-refractivity contribution in [1.29, 1.82) is 10.5 Å². The summed E-state index contributed by atoms with van der Waals surface area (Å²) in [7, 11) is -4.18. The van der Waals surface area contributed by atoms with Crippen molar-refractivity contribution in [2.75, 3.05) is 13.2 Å². The molecule has 0 saturated heterocycles. The molecule has 0 radical (unpaired) electrons. The second kappa shape index (κ2) is 6.67. The molecular weight excluding hydrogens is 351 g/mol. The van der Waals surface area contributed by atoms with Gasteiger partial charge in [-0.05, 0) is 30.2 Å². The summed E-state index contributed by atoms with van der Waals surface area (Å²) < 4.78 is 24.8. The van der Waals surface area contributed by atoms with Crippen molar-refractivity contribution in [1.82, 2.24) is 0 Å². The van der Waals surface area contributed by atoms with Crippen LogP contribution in [0.2, 0.25) is 0 Å². The minimum atomic E-state index is -4.18. The summed E-state index contributed by atoms with van der Waals surface area (Å²) in [6, 6.07) is 14.0. The first-order valence-corrected chi connectivity index (χ1v) is 9.81. The predicted molar refractivity (Wildman–Crippen MR) is 95.5 cm³/mol. The van der Waals surface area contributed by atoms with Crippen molar-refractivity contribution < 1.29 is 18.4 Å². The Hall–Kier alpha value is -2.50. The molecule has 26 heavy (non-hydrogen) atoms. The Kier molecular flexibility index (Phi) is 4.69. The maximum atomic E-state index is 13.8. The molecule has 1 unspecified atom stereocenters. The molecule has 2 aromatic rings. The van der Waals surface area contributed by atoms with E-state index in [1.807, 2.05) is 24.3 Å². The maximum Gasteiger partial charge on any atom is 0.351 e. The molecule has 0 fully saturated rings. The lowest BCUT2D eigenvalue weighted by Gasteiger charge is -2.35. The van der Waals surface area contributed by atoms with Crippen LogP contribution in [0.15, 0.2) is 36.4 Å². The molecule has 3 rings (SSSR count).